The first-order valence-electron chi connectivity index (χ1n) is 5.27. The highest BCUT2D eigenvalue weighted by molar-refractivity contribution is 7.10. The van der Waals surface area contributed by atoms with Gasteiger partial charge in [-0.3, -0.25) is 0 Å². The zero-order valence-electron chi connectivity index (χ0n) is 9.65. The molecule has 1 N–H and O–H groups in total. The van der Waals surface area contributed by atoms with Gasteiger partial charge in [-0.25, -0.2) is 4.98 Å². The second-order valence-corrected chi connectivity index (χ2v) is 5.75. The first-order valence-corrected chi connectivity index (χ1v) is 6.92. The van der Waals surface area contributed by atoms with E-state index in [4.69, 9.17) is 0 Å². The quantitative estimate of drug-likeness (QED) is 0.904. The van der Waals surface area contributed by atoms with Gasteiger partial charge in [0.25, 0.3) is 0 Å². The van der Waals surface area contributed by atoms with Gasteiger partial charge in [0.1, 0.15) is 5.82 Å². The summed E-state index contributed by atoms with van der Waals surface area (Å²) in [7, 11) is 0. The van der Waals surface area contributed by atoms with Crippen molar-refractivity contribution in [2.75, 3.05) is 5.32 Å². The van der Waals surface area contributed by atoms with E-state index in [2.05, 4.69) is 46.9 Å². The lowest BCUT2D eigenvalue weighted by atomic mass is 10.2. The van der Waals surface area contributed by atoms with Crippen LogP contribution < -0.4 is 5.32 Å². The average molecular weight is 253 g/mol. The van der Waals surface area contributed by atoms with Crippen LogP contribution >= 0.6 is 22.9 Å². The van der Waals surface area contributed by atoms with E-state index in [1.54, 1.807) is 11.3 Å². The number of hydrogen-bond donors (Lipinski definition) is 1. The molecule has 0 aromatic carbocycles. The molecule has 0 amide bonds. The van der Waals surface area contributed by atoms with Crippen molar-refractivity contribution in [2.45, 2.75) is 33.2 Å². The topological polar surface area (TPSA) is 37.8 Å². The summed E-state index contributed by atoms with van der Waals surface area (Å²) in [6.07, 6.45) is 0. The molecule has 0 fully saturated rings. The molecule has 5 heteroatoms. The summed E-state index contributed by atoms with van der Waals surface area (Å²) in [6.45, 7) is 7.19. The summed E-state index contributed by atoms with van der Waals surface area (Å²) >= 11 is 3.21. The van der Waals surface area contributed by atoms with Crippen molar-refractivity contribution in [1.82, 2.24) is 9.36 Å². The Bertz CT molecular complexity index is 459. The normalized spacial score (nSPS) is 11.0. The van der Waals surface area contributed by atoms with Crippen molar-refractivity contribution in [3.63, 3.8) is 0 Å². The summed E-state index contributed by atoms with van der Waals surface area (Å²) < 4.78 is 4.31. The van der Waals surface area contributed by atoms with Crippen LogP contribution in [0, 0.1) is 6.92 Å². The predicted octanol–water partition coefficient (Wildman–Crippen LogP) is 3.64. The molecule has 0 aliphatic heterocycles. The minimum Gasteiger partial charge on any atom is -0.355 e. The van der Waals surface area contributed by atoms with E-state index in [0.29, 0.717) is 5.92 Å². The maximum Gasteiger partial charge on any atom is 0.202 e. The number of aromatic nitrogens is 2. The van der Waals surface area contributed by atoms with Gasteiger partial charge in [0.15, 0.2) is 0 Å². The number of aryl methyl sites for hydroxylation is 1. The Hall–Kier alpha value is -0.940. The van der Waals surface area contributed by atoms with E-state index in [1.807, 2.05) is 0 Å². The smallest absolute Gasteiger partial charge is 0.202 e. The highest BCUT2D eigenvalue weighted by Crippen LogP contribution is 2.20. The van der Waals surface area contributed by atoms with Gasteiger partial charge in [0.05, 0.1) is 6.54 Å². The maximum absolute atomic E-state index is 4.44. The number of thiophene rings is 1. The summed E-state index contributed by atoms with van der Waals surface area (Å²) in [4.78, 5) is 5.80. The lowest BCUT2D eigenvalue weighted by Crippen LogP contribution is -1.98. The summed E-state index contributed by atoms with van der Waals surface area (Å²) in [5, 5.41) is 6.35. The average Bonchev–Trinajstić information content (AvgIpc) is 2.83. The van der Waals surface area contributed by atoms with Crippen molar-refractivity contribution in [3.05, 3.63) is 27.7 Å². The lowest BCUT2D eigenvalue weighted by molar-refractivity contribution is 0.799. The van der Waals surface area contributed by atoms with Gasteiger partial charge in [-0.1, -0.05) is 13.8 Å². The lowest BCUT2D eigenvalue weighted by Gasteiger charge is -2.00. The van der Waals surface area contributed by atoms with Crippen molar-refractivity contribution in [2.24, 2.45) is 0 Å². The molecule has 0 aliphatic rings. The SMILES string of the molecule is Cc1ccsc1CNc1nc(C(C)C)ns1. The summed E-state index contributed by atoms with van der Waals surface area (Å²) in [6, 6.07) is 2.14. The maximum atomic E-state index is 4.44. The Morgan fingerprint density at radius 2 is 2.25 bits per heavy atom. The zero-order valence-corrected chi connectivity index (χ0v) is 11.3. The highest BCUT2D eigenvalue weighted by atomic mass is 32.1. The van der Waals surface area contributed by atoms with Crippen molar-refractivity contribution >= 4 is 28.0 Å². The summed E-state index contributed by atoms with van der Waals surface area (Å²) in [5.74, 6) is 1.32. The van der Waals surface area contributed by atoms with E-state index in [9.17, 15) is 0 Å². The molecule has 0 unspecified atom stereocenters. The molecule has 2 aromatic heterocycles. The molecular weight excluding hydrogens is 238 g/mol. The molecule has 2 aromatic rings. The molecular formula is C11H15N3S2. The molecule has 0 saturated heterocycles. The second-order valence-electron chi connectivity index (χ2n) is 3.99. The van der Waals surface area contributed by atoms with E-state index < -0.39 is 0 Å². The van der Waals surface area contributed by atoms with Crippen molar-refractivity contribution < 1.29 is 0 Å². The fourth-order valence-electron chi connectivity index (χ4n) is 1.28. The number of hydrogen-bond acceptors (Lipinski definition) is 5. The van der Waals surface area contributed by atoms with Crippen LogP contribution in [-0.4, -0.2) is 9.36 Å². The van der Waals surface area contributed by atoms with Crippen LogP contribution in [0.15, 0.2) is 11.4 Å². The van der Waals surface area contributed by atoms with Crippen LogP contribution in [0.25, 0.3) is 0 Å². The number of nitrogens with zero attached hydrogens (tertiary/aromatic N) is 2. The van der Waals surface area contributed by atoms with Crippen LogP contribution in [0.4, 0.5) is 5.13 Å². The Morgan fingerprint density at radius 3 is 2.81 bits per heavy atom. The highest BCUT2D eigenvalue weighted by Gasteiger charge is 2.07. The number of nitrogens with one attached hydrogen (secondary N) is 1. The number of anilines is 1. The van der Waals surface area contributed by atoms with Crippen LogP contribution in [0.2, 0.25) is 0 Å². The molecule has 86 valence electrons. The molecule has 0 radical (unpaired) electrons. The van der Waals surface area contributed by atoms with E-state index in [0.717, 1.165) is 17.5 Å². The third kappa shape index (κ3) is 2.59. The van der Waals surface area contributed by atoms with Gasteiger partial charge in [0.2, 0.25) is 5.13 Å². The van der Waals surface area contributed by atoms with Crippen molar-refractivity contribution in [3.8, 4) is 0 Å². The zero-order chi connectivity index (χ0) is 11.5. The Labute approximate surface area is 104 Å². The molecule has 0 saturated carbocycles. The first kappa shape index (κ1) is 11.5. The van der Waals surface area contributed by atoms with Crippen LogP contribution in [-0.2, 0) is 6.54 Å². The largest absolute Gasteiger partial charge is 0.355 e. The molecule has 0 spiro atoms. The van der Waals surface area contributed by atoms with Crippen LogP contribution in [0.1, 0.15) is 36.0 Å². The third-order valence-corrected chi connectivity index (χ3v) is 4.04. The van der Waals surface area contributed by atoms with Gasteiger partial charge in [-0.2, -0.15) is 4.37 Å². The van der Waals surface area contributed by atoms with Crippen LogP contribution in [0.5, 0.6) is 0 Å². The van der Waals surface area contributed by atoms with E-state index in [-0.39, 0.29) is 0 Å². The van der Waals surface area contributed by atoms with Gasteiger partial charge in [-0.15, -0.1) is 11.3 Å². The predicted molar refractivity (Wildman–Crippen MR) is 70.4 cm³/mol. The third-order valence-electron chi connectivity index (χ3n) is 2.33. The second kappa shape index (κ2) is 4.93. The van der Waals surface area contributed by atoms with Crippen molar-refractivity contribution in [1.29, 1.82) is 0 Å². The standard InChI is InChI=1S/C11H15N3S2/c1-7(2)10-13-11(16-14-10)12-6-9-8(3)4-5-15-9/h4-5,7H,6H2,1-3H3,(H,12,13,14). The monoisotopic (exact) mass is 253 g/mol. The van der Waals surface area contributed by atoms with Gasteiger partial charge in [-0.05, 0) is 23.9 Å². The Morgan fingerprint density at radius 1 is 1.44 bits per heavy atom. The fraction of sp³-hybridized carbons (Fsp3) is 0.455. The fourth-order valence-corrected chi connectivity index (χ4v) is 2.83. The van der Waals surface area contributed by atoms with E-state index >= 15 is 0 Å². The molecule has 0 bridgehead atoms. The minimum atomic E-state index is 0.398. The molecule has 3 nitrogen and oxygen atoms in total. The van der Waals surface area contributed by atoms with Crippen LogP contribution in [0.3, 0.4) is 0 Å². The molecule has 0 aliphatic carbocycles. The first-order chi connectivity index (χ1) is 7.66. The molecule has 2 rings (SSSR count). The summed E-state index contributed by atoms with van der Waals surface area (Å²) in [5.41, 5.74) is 1.34. The molecule has 0 atom stereocenters. The van der Waals surface area contributed by atoms with Gasteiger partial charge < -0.3 is 5.32 Å². The number of rotatable bonds is 4. The Balaban J connectivity index is 1.97. The van der Waals surface area contributed by atoms with Gasteiger partial charge in [0, 0.05) is 22.3 Å². The Kier molecular flexibility index (Phi) is 3.56. The molecule has 16 heavy (non-hydrogen) atoms. The minimum absolute atomic E-state index is 0.398. The van der Waals surface area contributed by atoms with E-state index in [1.165, 1.54) is 22.0 Å². The molecule has 2 heterocycles. The van der Waals surface area contributed by atoms with Gasteiger partial charge >= 0.3 is 0 Å².